The molecule has 1 amide bonds. The van der Waals surface area contributed by atoms with Crippen LogP contribution in [0, 0.1) is 13.8 Å². The number of rotatable bonds is 7. The summed E-state index contributed by atoms with van der Waals surface area (Å²) >= 11 is 0. The summed E-state index contributed by atoms with van der Waals surface area (Å²) in [5, 5.41) is 12.5. The molecule has 0 spiro atoms. The minimum atomic E-state index is -0.226. The zero-order valence-corrected chi connectivity index (χ0v) is 21.0. The molecule has 1 aliphatic carbocycles. The Morgan fingerprint density at radius 3 is 2.62 bits per heavy atom. The topological polar surface area (TPSA) is 95.1 Å². The molecule has 2 aromatic carbocycles. The SMILES string of the molecule is COc1ccc(-c2noc3nc(C4CC4)cc(C(=O)Nc4cccc(Cn5nc(C)cc5C)c4)c23)cc1. The smallest absolute Gasteiger partial charge is 0.259 e. The quantitative estimate of drug-likeness (QED) is 0.304. The fourth-order valence-corrected chi connectivity index (χ4v) is 4.64. The number of carbonyl (C=O) groups excluding carboxylic acids is 1. The Kier molecular flexibility index (Phi) is 5.71. The number of carbonyl (C=O) groups is 1. The van der Waals surface area contributed by atoms with Gasteiger partial charge in [0.05, 0.1) is 30.3 Å². The molecular formula is C29H27N5O3. The number of hydrogen-bond acceptors (Lipinski definition) is 6. The Bertz CT molecular complexity index is 1610. The van der Waals surface area contributed by atoms with Crippen LogP contribution in [-0.2, 0) is 6.54 Å². The standard InChI is InChI=1S/C29H27N5O3/c1-17-13-18(2)34(32-17)16-19-5-4-6-22(14-19)30-28(35)24-15-25(20-7-8-20)31-29-26(24)27(33-37-29)21-9-11-23(36-3)12-10-21/h4-6,9-15,20H,7-8,16H2,1-3H3,(H,30,35). The maximum absolute atomic E-state index is 13.7. The summed E-state index contributed by atoms with van der Waals surface area (Å²) in [7, 11) is 1.62. The first kappa shape index (κ1) is 23.0. The first-order chi connectivity index (χ1) is 18.0. The molecule has 8 nitrogen and oxygen atoms in total. The zero-order chi connectivity index (χ0) is 25.5. The van der Waals surface area contributed by atoms with Gasteiger partial charge in [0.2, 0.25) is 0 Å². The Labute approximate surface area is 214 Å². The molecular weight excluding hydrogens is 466 g/mol. The summed E-state index contributed by atoms with van der Waals surface area (Å²) in [6.45, 7) is 4.65. The van der Waals surface area contributed by atoms with Gasteiger partial charge in [-0.15, -0.1) is 0 Å². The van der Waals surface area contributed by atoms with Crippen LogP contribution in [0.1, 0.15) is 51.8 Å². The van der Waals surface area contributed by atoms with E-state index >= 15 is 0 Å². The summed E-state index contributed by atoms with van der Waals surface area (Å²) < 4.78 is 12.9. The minimum absolute atomic E-state index is 0.226. The number of amides is 1. The normalized spacial score (nSPS) is 13.2. The van der Waals surface area contributed by atoms with Crippen molar-refractivity contribution in [3.05, 3.63) is 88.9 Å². The molecule has 0 atom stereocenters. The van der Waals surface area contributed by atoms with Gasteiger partial charge >= 0.3 is 0 Å². The van der Waals surface area contributed by atoms with Crippen LogP contribution in [0.25, 0.3) is 22.4 Å². The van der Waals surface area contributed by atoms with E-state index < -0.39 is 0 Å². The third kappa shape index (κ3) is 4.58. The number of fused-ring (bicyclic) bond motifs is 1. The van der Waals surface area contributed by atoms with Crippen LogP contribution in [-0.4, -0.2) is 32.9 Å². The van der Waals surface area contributed by atoms with E-state index in [2.05, 4.69) is 21.6 Å². The molecule has 6 rings (SSSR count). The summed E-state index contributed by atoms with van der Waals surface area (Å²) in [4.78, 5) is 18.4. The van der Waals surface area contributed by atoms with Gasteiger partial charge in [-0.3, -0.25) is 9.48 Å². The van der Waals surface area contributed by atoms with E-state index in [-0.39, 0.29) is 5.91 Å². The second-order valence-electron chi connectivity index (χ2n) is 9.55. The average molecular weight is 494 g/mol. The van der Waals surface area contributed by atoms with Gasteiger partial charge < -0.3 is 14.6 Å². The highest BCUT2D eigenvalue weighted by Crippen LogP contribution is 2.41. The van der Waals surface area contributed by atoms with Crippen molar-refractivity contribution >= 4 is 22.7 Å². The Morgan fingerprint density at radius 1 is 1.11 bits per heavy atom. The third-order valence-electron chi connectivity index (χ3n) is 6.69. The second-order valence-corrected chi connectivity index (χ2v) is 9.55. The Morgan fingerprint density at radius 2 is 1.92 bits per heavy atom. The number of anilines is 1. The fourth-order valence-electron chi connectivity index (χ4n) is 4.64. The summed E-state index contributed by atoms with van der Waals surface area (Å²) in [6, 6.07) is 19.3. The van der Waals surface area contributed by atoms with E-state index in [4.69, 9.17) is 14.2 Å². The highest BCUT2D eigenvalue weighted by molar-refractivity contribution is 6.14. The van der Waals surface area contributed by atoms with Crippen LogP contribution in [0.2, 0.25) is 0 Å². The van der Waals surface area contributed by atoms with E-state index in [1.807, 2.05) is 73.1 Å². The van der Waals surface area contributed by atoms with Crippen molar-refractivity contribution in [2.75, 3.05) is 12.4 Å². The maximum Gasteiger partial charge on any atom is 0.259 e. The molecule has 3 heterocycles. The third-order valence-corrected chi connectivity index (χ3v) is 6.69. The van der Waals surface area contributed by atoms with Crippen LogP contribution in [0.3, 0.4) is 0 Å². The minimum Gasteiger partial charge on any atom is -0.497 e. The van der Waals surface area contributed by atoms with Crippen molar-refractivity contribution < 1.29 is 14.1 Å². The lowest BCUT2D eigenvalue weighted by molar-refractivity contribution is 0.102. The molecule has 0 unspecified atom stereocenters. The van der Waals surface area contributed by atoms with Crippen molar-refractivity contribution in [3.63, 3.8) is 0 Å². The molecule has 5 aromatic rings. The number of benzene rings is 2. The number of ether oxygens (including phenoxy) is 1. The highest BCUT2D eigenvalue weighted by atomic mass is 16.5. The zero-order valence-electron chi connectivity index (χ0n) is 21.0. The Hall–Kier alpha value is -4.46. The van der Waals surface area contributed by atoms with E-state index in [1.54, 1.807) is 7.11 Å². The van der Waals surface area contributed by atoms with E-state index in [1.165, 1.54) is 0 Å². The highest BCUT2D eigenvalue weighted by Gasteiger charge is 2.29. The van der Waals surface area contributed by atoms with Crippen molar-refractivity contribution in [3.8, 4) is 17.0 Å². The number of aryl methyl sites for hydroxylation is 2. The monoisotopic (exact) mass is 493 g/mol. The van der Waals surface area contributed by atoms with E-state index in [9.17, 15) is 4.79 Å². The fraction of sp³-hybridized carbons (Fsp3) is 0.241. The molecule has 0 saturated heterocycles. The number of hydrogen-bond donors (Lipinski definition) is 1. The van der Waals surface area contributed by atoms with Crippen LogP contribution in [0.4, 0.5) is 5.69 Å². The molecule has 37 heavy (non-hydrogen) atoms. The lowest BCUT2D eigenvalue weighted by Crippen LogP contribution is -2.14. The average Bonchev–Trinajstić information content (AvgIpc) is 3.59. The van der Waals surface area contributed by atoms with Crippen LogP contribution in [0.15, 0.2) is 65.2 Å². The van der Waals surface area contributed by atoms with Gasteiger partial charge in [0, 0.05) is 28.6 Å². The van der Waals surface area contributed by atoms with Gasteiger partial charge in [0.1, 0.15) is 11.4 Å². The molecule has 3 aromatic heterocycles. The Balaban J connectivity index is 1.35. The predicted octanol–water partition coefficient (Wildman–Crippen LogP) is 5.89. The number of pyridine rings is 1. The van der Waals surface area contributed by atoms with Crippen molar-refractivity contribution in [1.82, 2.24) is 19.9 Å². The van der Waals surface area contributed by atoms with E-state index in [0.717, 1.165) is 46.8 Å². The molecule has 1 aliphatic rings. The lowest BCUT2D eigenvalue weighted by Gasteiger charge is -2.11. The lowest BCUT2D eigenvalue weighted by atomic mass is 10.0. The molecule has 0 bridgehead atoms. The summed E-state index contributed by atoms with van der Waals surface area (Å²) in [5.74, 6) is 0.870. The van der Waals surface area contributed by atoms with Crippen LogP contribution < -0.4 is 10.1 Å². The summed E-state index contributed by atoms with van der Waals surface area (Å²) in [6.07, 6.45) is 2.13. The van der Waals surface area contributed by atoms with Crippen LogP contribution >= 0.6 is 0 Å². The molecule has 1 fully saturated rings. The van der Waals surface area contributed by atoms with Crippen molar-refractivity contribution in [1.29, 1.82) is 0 Å². The molecule has 186 valence electrons. The van der Waals surface area contributed by atoms with Gasteiger partial charge in [0.25, 0.3) is 11.6 Å². The maximum atomic E-state index is 13.7. The molecule has 1 saturated carbocycles. The first-order valence-corrected chi connectivity index (χ1v) is 12.3. The van der Waals surface area contributed by atoms with Gasteiger partial charge in [-0.1, -0.05) is 17.3 Å². The number of nitrogens with one attached hydrogen (secondary N) is 1. The number of nitrogens with zero attached hydrogens (tertiary/aromatic N) is 4. The van der Waals surface area contributed by atoms with Crippen molar-refractivity contribution in [2.45, 2.75) is 39.2 Å². The molecule has 0 radical (unpaired) electrons. The predicted molar refractivity (Wildman–Crippen MR) is 141 cm³/mol. The largest absolute Gasteiger partial charge is 0.497 e. The molecule has 0 aliphatic heterocycles. The van der Waals surface area contributed by atoms with Gasteiger partial charge in [-0.25, -0.2) is 4.98 Å². The van der Waals surface area contributed by atoms with Gasteiger partial charge in [-0.2, -0.15) is 5.10 Å². The van der Waals surface area contributed by atoms with Crippen molar-refractivity contribution in [2.24, 2.45) is 0 Å². The van der Waals surface area contributed by atoms with Crippen LogP contribution in [0.5, 0.6) is 5.75 Å². The second kappa shape index (κ2) is 9.20. The number of methoxy groups -OCH3 is 1. The van der Waals surface area contributed by atoms with Gasteiger partial charge in [0.15, 0.2) is 0 Å². The summed E-state index contributed by atoms with van der Waals surface area (Å²) in [5.41, 5.74) is 6.98. The first-order valence-electron chi connectivity index (χ1n) is 12.3. The molecule has 8 heteroatoms. The number of aromatic nitrogens is 4. The van der Waals surface area contributed by atoms with Gasteiger partial charge in [-0.05, 0) is 80.8 Å². The van der Waals surface area contributed by atoms with E-state index in [0.29, 0.717) is 40.5 Å². The molecule has 1 N–H and O–H groups in total.